The van der Waals surface area contributed by atoms with Crippen molar-refractivity contribution < 1.29 is 22.8 Å². The van der Waals surface area contributed by atoms with Crippen molar-refractivity contribution in [1.82, 2.24) is 19.4 Å². The maximum absolute atomic E-state index is 14.8. The molecule has 2 fully saturated rings. The molecule has 7 nitrogen and oxygen atoms in total. The van der Waals surface area contributed by atoms with Crippen LogP contribution < -0.4 is 10.4 Å². The molecule has 0 bridgehead atoms. The Balaban J connectivity index is 1.37. The summed E-state index contributed by atoms with van der Waals surface area (Å²) < 4.78 is 38.0. The molecule has 1 unspecified atom stereocenters. The lowest BCUT2D eigenvalue weighted by Crippen LogP contribution is -2.68. The van der Waals surface area contributed by atoms with Crippen LogP contribution in [0.25, 0.3) is 0 Å². The maximum Gasteiger partial charge on any atom is 0.329 e. The van der Waals surface area contributed by atoms with Crippen molar-refractivity contribution >= 4 is 30.6 Å². The number of nitrogens with zero attached hydrogens (tertiary/aromatic N) is 4. The zero-order valence-electron chi connectivity index (χ0n) is 23.2. The van der Waals surface area contributed by atoms with Gasteiger partial charge in [-0.3, -0.25) is 9.36 Å². The summed E-state index contributed by atoms with van der Waals surface area (Å²) in [4.78, 5) is 32.9. The van der Waals surface area contributed by atoms with Gasteiger partial charge >= 0.3 is 6.03 Å². The lowest BCUT2D eigenvalue weighted by atomic mass is 9.97. The number of hydrogen-bond acceptors (Lipinski definition) is 4. The summed E-state index contributed by atoms with van der Waals surface area (Å²) in [6.07, 6.45) is 3.99. The van der Waals surface area contributed by atoms with Gasteiger partial charge in [0.25, 0.3) is 14.2 Å². The second-order valence-electron chi connectivity index (χ2n) is 11.8. The van der Waals surface area contributed by atoms with E-state index >= 15 is 0 Å². The maximum atomic E-state index is 14.8. The molecule has 2 amide bonds. The fourth-order valence-corrected chi connectivity index (χ4v) is 10.9. The van der Waals surface area contributed by atoms with Gasteiger partial charge in [0.2, 0.25) is 5.91 Å². The SMILES string of the molecule is CC(C)(C)[Si](OC1CCN([C@H]2CN(C(=O)n3ccnc3)CC(F)(F)C2)C(=O)C1)(c1ccccc1)c1ccccc1. The minimum Gasteiger partial charge on any atom is -0.404 e. The number of alkyl halides is 2. The Kier molecular flexibility index (Phi) is 7.67. The molecule has 3 aromatic rings. The highest BCUT2D eigenvalue weighted by atomic mass is 28.4. The standard InChI is InChI=1S/C30H36F2N4O3Si/c1-29(2,3)40(25-10-6-4-7-11-25,26-12-8-5-9-13-26)39-24-14-16-36(27(37)18-24)23-19-30(31,32)21-35(20-23)28(38)34-17-15-33-22-34/h4-13,15,17,22-24H,14,16,18-21H2,1-3H3/t23-,24?/m1/s1. The van der Waals surface area contributed by atoms with E-state index in [1.54, 1.807) is 0 Å². The van der Waals surface area contributed by atoms with E-state index in [-0.39, 0.29) is 30.0 Å². The normalized spacial score (nSPS) is 21.9. The zero-order valence-corrected chi connectivity index (χ0v) is 24.2. The van der Waals surface area contributed by atoms with Crippen LogP contribution in [0.4, 0.5) is 13.6 Å². The summed E-state index contributed by atoms with van der Waals surface area (Å²) in [7, 11) is -2.86. The third-order valence-electron chi connectivity index (χ3n) is 8.00. The number of imidazole rings is 1. The highest BCUT2D eigenvalue weighted by Gasteiger charge is 2.53. The summed E-state index contributed by atoms with van der Waals surface area (Å²) in [6.45, 7) is 6.24. The Hall–Kier alpha value is -3.37. The molecule has 5 rings (SSSR count). The molecule has 10 heteroatoms. The molecule has 2 atom stereocenters. The predicted octanol–water partition coefficient (Wildman–Crippen LogP) is 4.13. The molecular weight excluding hydrogens is 530 g/mol. The van der Waals surface area contributed by atoms with E-state index in [0.717, 1.165) is 15.3 Å². The third kappa shape index (κ3) is 5.47. The smallest absolute Gasteiger partial charge is 0.329 e. The topological polar surface area (TPSA) is 67.7 Å². The van der Waals surface area contributed by atoms with Gasteiger partial charge in [-0.2, -0.15) is 0 Å². The second kappa shape index (κ2) is 10.9. The van der Waals surface area contributed by atoms with Crippen molar-refractivity contribution in [1.29, 1.82) is 0 Å². The van der Waals surface area contributed by atoms with Gasteiger partial charge in [-0.15, -0.1) is 0 Å². The molecule has 212 valence electrons. The van der Waals surface area contributed by atoms with Gasteiger partial charge in [0.05, 0.1) is 25.1 Å². The average Bonchev–Trinajstić information content (AvgIpc) is 3.46. The summed E-state index contributed by atoms with van der Waals surface area (Å²) in [5.74, 6) is -3.31. The van der Waals surface area contributed by atoms with Crippen LogP contribution in [0.2, 0.25) is 5.04 Å². The Morgan fingerprint density at radius 2 is 1.68 bits per heavy atom. The lowest BCUT2D eigenvalue weighted by molar-refractivity contribution is -0.145. The molecule has 2 aliphatic rings. The van der Waals surface area contributed by atoms with Crippen LogP contribution in [0.15, 0.2) is 79.4 Å². The van der Waals surface area contributed by atoms with Gasteiger partial charge in [0, 0.05) is 31.9 Å². The number of likely N-dealkylation sites (tertiary alicyclic amines) is 2. The van der Waals surface area contributed by atoms with Crippen LogP contribution in [0.1, 0.15) is 40.0 Å². The average molecular weight is 567 g/mol. The minimum absolute atomic E-state index is 0.0541. The third-order valence-corrected chi connectivity index (χ3v) is 13.1. The van der Waals surface area contributed by atoms with E-state index < -0.39 is 39.3 Å². The number of benzene rings is 2. The molecule has 0 spiro atoms. The second-order valence-corrected chi connectivity index (χ2v) is 16.1. The largest absolute Gasteiger partial charge is 0.404 e. The fraction of sp³-hybridized carbons (Fsp3) is 0.433. The van der Waals surface area contributed by atoms with E-state index in [9.17, 15) is 18.4 Å². The molecular formula is C30H36F2N4O3Si. The first-order chi connectivity index (χ1) is 19.0. The monoisotopic (exact) mass is 566 g/mol. The molecule has 2 saturated heterocycles. The minimum atomic E-state index is -3.10. The number of rotatable bonds is 5. The molecule has 40 heavy (non-hydrogen) atoms. The zero-order chi connectivity index (χ0) is 28.5. The Bertz CT molecular complexity index is 1280. The van der Waals surface area contributed by atoms with Crippen molar-refractivity contribution in [2.45, 2.75) is 63.1 Å². The molecule has 1 aromatic heterocycles. The van der Waals surface area contributed by atoms with Crippen LogP contribution in [0.5, 0.6) is 0 Å². The number of hydrogen-bond donors (Lipinski definition) is 0. The van der Waals surface area contributed by atoms with Crippen LogP contribution in [0.3, 0.4) is 0 Å². The Labute approximate surface area is 234 Å². The molecule has 2 aromatic carbocycles. The van der Waals surface area contributed by atoms with Gasteiger partial charge in [-0.1, -0.05) is 81.4 Å². The van der Waals surface area contributed by atoms with Crippen molar-refractivity contribution in [2.24, 2.45) is 0 Å². The van der Waals surface area contributed by atoms with Crippen LogP contribution in [0, 0.1) is 0 Å². The summed E-state index contributed by atoms with van der Waals surface area (Å²) >= 11 is 0. The first-order valence-electron chi connectivity index (χ1n) is 13.7. The molecule has 3 heterocycles. The van der Waals surface area contributed by atoms with Crippen LogP contribution >= 0.6 is 0 Å². The predicted molar refractivity (Wildman–Crippen MR) is 151 cm³/mol. The van der Waals surface area contributed by atoms with Gasteiger partial charge in [0.1, 0.15) is 6.33 Å². The van der Waals surface area contributed by atoms with E-state index in [1.807, 2.05) is 36.4 Å². The number of amides is 2. The quantitative estimate of drug-likeness (QED) is 0.436. The van der Waals surface area contributed by atoms with Gasteiger partial charge < -0.3 is 14.2 Å². The number of aromatic nitrogens is 2. The van der Waals surface area contributed by atoms with E-state index in [1.165, 1.54) is 28.2 Å². The highest BCUT2D eigenvalue weighted by molar-refractivity contribution is 6.99. The summed E-state index contributed by atoms with van der Waals surface area (Å²) in [6, 6.07) is 19.1. The summed E-state index contributed by atoms with van der Waals surface area (Å²) in [5, 5.41) is 2.02. The first kappa shape index (κ1) is 28.2. The van der Waals surface area contributed by atoms with E-state index in [2.05, 4.69) is 50.0 Å². The Morgan fingerprint density at radius 1 is 1.05 bits per heavy atom. The van der Waals surface area contributed by atoms with Gasteiger partial charge in [-0.25, -0.2) is 18.6 Å². The van der Waals surface area contributed by atoms with Crippen LogP contribution in [-0.2, 0) is 9.22 Å². The summed E-state index contributed by atoms with van der Waals surface area (Å²) in [5.41, 5.74) is 0. The van der Waals surface area contributed by atoms with E-state index in [4.69, 9.17) is 4.43 Å². The van der Waals surface area contributed by atoms with Crippen LogP contribution in [-0.4, -0.2) is 77.3 Å². The van der Waals surface area contributed by atoms with Gasteiger partial charge in [0.15, 0.2) is 0 Å². The molecule has 0 aliphatic carbocycles. The van der Waals surface area contributed by atoms with Crippen molar-refractivity contribution in [3.63, 3.8) is 0 Å². The molecule has 0 radical (unpaired) electrons. The highest BCUT2D eigenvalue weighted by Crippen LogP contribution is 2.39. The van der Waals surface area contributed by atoms with Crippen molar-refractivity contribution in [3.8, 4) is 0 Å². The molecule has 0 N–H and O–H groups in total. The number of piperidine rings is 2. The molecule has 2 aliphatic heterocycles. The fourth-order valence-electron chi connectivity index (χ4n) is 6.21. The van der Waals surface area contributed by atoms with Crippen molar-refractivity contribution in [3.05, 3.63) is 79.4 Å². The Morgan fingerprint density at radius 3 is 2.20 bits per heavy atom. The van der Waals surface area contributed by atoms with Crippen molar-refractivity contribution in [2.75, 3.05) is 19.6 Å². The number of carbonyl (C=O) groups is 2. The van der Waals surface area contributed by atoms with E-state index in [0.29, 0.717) is 13.0 Å². The molecule has 0 saturated carbocycles. The lowest BCUT2D eigenvalue weighted by Gasteiger charge is -2.48. The number of carbonyl (C=O) groups excluding carboxylic acids is 2. The van der Waals surface area contributed by atoms with Gasteiger partial charge in [-0.05, 0) is 21.8 Å². The first-order valence-corrected chi connectivity index (χ1v) is 15.6. The number of halogens is 2.